The van der Waals surface area contributed by atoms with Gasteiger partial charge in [0.15, 0.2) is 0 Å². The summed E-state index contributed by atoms with van der Waals surface area (Å²) in [7, 11) is -2.60. The van der Waals surface area contributed by atoms with Crippen molar-refractivity contribution in [2.75, 3.05) is 13.7 Å². The van der Waals surface area contributed by atoms with Crippen LogP contribution in [0.25, 0.3) is 11.0 Å². The van der Waals surface area contributed by atoms with E-state index in [4.69, 9.17) is 24.2 Å². The lowest BCUT2D eigenvalue weighted by atomic mass is 9.82. The van der Waals surface area contributed by atoms with E-state index in [1.807, 2.05) is 10.8 Å². The first-order valence-corrected chi connectivity index (χ1v) is 22.5. The molecule has 3 heterocycles. The Labute approximate surface area is 342 Å². The van der Waals surface area contributed by atoms with Crippen molar-refractivity contribution in [1.29, 1.82) is 0 Å². The van der Waals surface area contributed by atoms with Crippen LogP contribution in [0.3, 0.4) is 0 Å². The van der Waals surface area contributed by atoms with Crippen LogP contribution in [0, 0.1) is 29.1 Å². The maximum atomic E-state index is 14.8. The van der Waals surface area contributed by atoms with Crippen LogP contribution in [0.4, 0.5) is 13.6 Å². The number of halogens is 2. The van der Waals surface area contributed by atoms with Crippen LogP contribution >= 0.6 is 0 Å². The highest BCUT2D eigenvalue weighted by atomic mass is 32.2. The molecule has 9 unspecified atom stereocenters. The molecule has 2 aliphatic heterocycles. The summed E-state index contributed by atoms with van der Waals surface area (Å²) in [5.41, 5.74) is -1.38. The fraction of sp³-hybridized carbons (Fsp3) is 0.707. The number of carbonyl (C=O) groups excluding carboxylic acids is 4. The Morgan fingerprint density at radius 2 is 1.76 bits per heavy atom. The standard InChI is InChI=1S/C41H54F2N6O9S/c1-40(2,3)33-37(51)49-20-24(18-31(49)35(50)47-41(19-27(41)34(42)43)38(52)48-59(54,55)25-13-14-25)57-36-29(44-28-15-12-23(56-4)17-30(28)45-36)9-7-5-6-8-26-21-10-11-22(16-21)32(26)58-39(53)46-33/h12,15,17,21-22,24-27,31-34H,5-11,13-14,16,18-20H2,1-4H3,(H,46,53)(H,47,50)(H,48,52). The maximum absolute atomic E-state index is 14.8. The molecule has 2 aromatic rings. The molecule has 322 valence electrons. The average molecular weight is 845 g/mol. The molecule has 1 saturated heterocycles. The second-order valence-electron chi connectivity index (χ2n) is 18.5. The summed E-state index contributed by atoms with van der Waals surface area (Å²) in [6.45, 7) is 5.14. The summed E-state index contributed by atoms with van der Waals surface area (Å²) >= 11 is 0. The van der Waals surface area contributed by atoms with Crippen LogP contribution in [0.5, 0.6) is 11.6 Å². The Hall–Kier alpha value is -4.35. The molecule has 15 nitrogen and oxygen atoms in total. The van der Waals surface area contributed by atoms with Gasteiger partial charge in [-0.25, -0.2) is 32.0 Å². The quantitative estimate of drug-likeness (QED) is 0.358. The number of sulfonamides is 1. The Balaban J connectivity index is 1.14. The molecule has 3 N–H and O–H groups in total. The minimum Gasteiger partial charge on any atom is -0.497 e. The summed E-state index contributed by atoms with van der Waals surface area (Å²) in [6.07, 6.45) is 2.20. The van der Waals surface area contributed by atoms with Gasteiger partial charge in [-0.2, -0.15) is 0 Å². The minimum atomic E-state index is -4.14. The van der Waals surface area contributed by atoms with Gasteiger partial charge in [0.2, 0.25) is 34.1 Å². The van der Waals surface area contributed by atoms with E-state index in [0.717, 1.165) is 44.9 Å². The fourth-order valence-corrected chi connectivity index (χ4v) is 11.3. The molecule has 1 aromatic carbocycles. The van der Waals surface area contributed by atoms with E-state index < -0.39 is 87.0 Å². The number of amides is 4. The Bertz CT molecular complexity index is 2120. The van der Waals surface area contributed by atoms with Crippen LogP contribution in [0.15, 0.2) is 18.2 Å². The number of carbonyl (C=O) groups is 4. The number of methoxy groups -OCH3 is 1. The van der Waals surface area contributed by atoms with Gasteiger partial charge in [0.25, 0.3) is 5.91 Å². The van der Waals surface area contributed by atoms with Gasteiger partial charge in [0.1, 0.15) is 41.3 Å². The number of alkyl halides is 2. The van der Waals surface area contributed by atoms with Crippen LogP contribution in [0.1, 0.15) is 97.1 Å². The fourth-order valence-electron chi connectivity index (χ4n) is 9.89. The maximum Gasteiger partial charge on any atom is 0.408 e. The van der Waals surface area contributed by atoms with Crippen LogP contribution in [-0.2, 0) is 35.6 Å². The van der Waals surface area contributed by atoms with Gasteiger partial charge in [-0.3, -0.25) is 19.1 Å². The zero-order chi connectivity index (χ0) is 42.0. The molecule has 0 radical (unpaired) electrons. The molecule has 18 heteroatoms. The van der Waals surface area contributed by atoms with Gasteiger partial charge in [-0.15, -0.1) is 0 Å². The Morgan fingerprint density at radius 1 is 1.00 bits per heavy atom. The molecule has 6 aliphatic rings. The molecule has 0 spiro atoms. The van der Waals surface area contributed by atoms with Crippen molar-refractivity contribution in [1.82, 2.24) is 30.2 Å². The monoisotopic (exact) mass is 844 g/mol. The zero-order valence-corrected chi connectivity index (χ0v) is 34.7. The summed E-state index contributed by atoms with van der Waals surface area (Å²) in [4.78, 5) is 67.4. The highest BCUT2D eigenvalue weighted by molar-refractivity contribution is 7.91. The average Bonchev–Trinajstić information content (AvgIpc) is 4.04. The summed E-state index contributed by atoms with van der Waals surface area (Å²) in [5, 5.41) is 4.48. The minimum absolute atomic E-state index is 0.139. The number of nitrogens with one attached hydrogen (secondary N) is 3. The van der Waals surface area contributed by atoms with Gasteiger partial charge >= 0.3 is 6.09 Å². The number of alkyl carbamates (subject to hydrolysis) is 1. The first-order chi connectivity index (χ1) is 28.0. The lowest BCUT2D eigenvalue weighted by Crippen LogP contribution is -2.60. The molecule has 4 bridgehead atoms. The van der Waals surface area contributed by atoms with Crippen LogP contribution in [-0.4, -0.2) is 102 Å². The molecule has 4 aliphatic carbocycles. The predicted octanol–water partition coefficient (Wildman–Crippen LogP) is 4.41. The molecule has 4 amide bonds. The van der Waals surface area contributed by atoms with E-state index in [1.165, 1.54) is 12.0 Å². The molecule has 5 fully saturated rings. The van der Waals surface area contributed by atoms with Crippen molar-refractivity contribution in [2.45, 2.75) is 139 Å². The van der Waals surface area contributed by atoms with Crippen molar-refractivity contribution in [2.24, 2.45) is 29.1 Å². The smallest absolute Gasteiger partial charge is 0.408 e. The number of benzene rings is 1. The van der Waals surface area contributed by atoms with Gasteiger partial charge in [0.05, 0.1) is 35.9 Å². The second-order valence-corrected chi connectivity index (χ2v) is 20.5. The van der Waals surface area contributed by atoms with Crippen molar-refractivity contribution in [3.8, 4) is 11.6 Å². The molecular weight excluding hydrogens is 791 g/mol. The van der Waals surface area contributed by atoms with Gasteiger partial charge in [0, 0.05) is 12.5 Å². The molecule has 4 saturated carbocycles. The highest BCUT2D eigenvalue weighted by Crippen LogP contribution is 2.52. The number of rotatable bonds is 7. The number of hydrogen-bond acceptors (Lipinski definition) is 11. The van der Waals surface area contributed by atoms with Crippen molar-refractivity contribution < 1.29 is 50.6 Å². The van der Waals surface area contributed by atoms with E-state index in [-0.39, 0.29) is 36.8 Å². The number of aryl methyl sites for hydroxylation is 1. The lowest BCUT2D eigenvalue weighted by Gasteiger charge is -2.36. The van der Waals surface area contributed by atoms with E-state index in [1.54, 1.807) is 32.9 Å². The van der Waals surface area contributed by atoms with Gasteiger partial charge in [-0.1, -0.05) is 33.6 Å². The molecule has 1 aromatic heterocycles. The number of hydrogen-bond donors (Lipinski definition) is 3. The zero-order valence-electron chi connectivity index (χ0n) is 33.9. The summed E-state index contributed by atoms with van der Waals surface area (Å²) < 4.78 is 74.0. The molecule has 9 atom stereocenters. The third-order valence-electron chi connectivity index (χ3n) is 13.4. The Morgan fingerprint density at radius 3 is 2.46 bits per heavy atom. The molecule has 59 heavy (non-hydrogen) atoms. The molecular formula is C41H54F2N6O9S. The van der Waals surface area contributed by atoms with E-state index in [2.05, 4.69) is 10.6 Å². The lowest BCUT2D eigenvalue weighted by molar-refractivity contribution is -0.143. The van der Waals surface area contributed by atoms with Crippen molar-refractivity contribution in [3.05, 3.63) is 23.9 Å². The van der Waals surface area contributed by atoms with Crippen LogP contribution in [0.2, 0.25) is 0 Å². The van der Waals surface area contributed by atoms with Crippen molar-refractivity contribution >= 4 is 44.9 Å². The first-order valence-electron chi connectivity index (χ1n) is 20.9. The van der Waals surface area contributed by atoms with E-state index in [0.29, 0.717) is 47.7 Å². The number of fused-ring (bicyclic) bond motifs is 9. The highest BCUT2D eigenvalue weighted by Gasteiger charge is 2.67. The largest absolute Gasteiger partial charge is 0.497 e. The topological polar surface area (TPSA) is 195 Å². The van der Waals surface area contributed by atoms with E-state index in [9.17, 15) is 36.4 Å². The summed E-state index contributed by atoms with van der Waals surface area (Å²) in [5.74, 6) is -2.79. The SMILES string of the molecule is COc1ccc2nc3c(nc2c1)OC1CC(C(=O)NC2(C(=O)NS(=O)(=O)C4CC4)CC2C(F)F)N(C1)C(=O)C(C(C)(C)C)NC(=O)OC1C2CCC(C2)C1CCCCC3. The number of aromatic nitrogens is 2. The Kier molecular flexibility index (Phi) is 10.9. The number of ether oxygens (including phenoxy) is 3. The first kappa shape index (κ1) is 41.4. The summed E-state index contributed by atoms with van der Waals surface area (Å²) in [6, 6.07) is 2.77. The molecule has 8 rings (SSSR count). The third-order valence-corrected chi connectivity index (χ3v) is 15.2. The second kappa shape index (κ2) is 15.6. The number of nitrogens with zero attached hydrogens (tertiary/aromatic N) is 3. The van der Waals surface area contributed by atoms with Crippen molar-refractivity contribution in [3.63, 3.8) is 0 Å². The van der Waals surface area contributed by atoms with E-state index >= 15 is 0 Å². The van der Waals surface area contributed by atoms with Crippen LogP contribution < -0.4 is 24.8 Å². The predicted molar refractivity (Wildman–Crippen MR) is 209 cm³/mol. The van der Waals surface area contributed by atoms with Gasteiger partial charge in [-0.05, 0) is 93.1 Å². The third kappa shape index (κ3) is 8.26. The van der Waals surface area contributed by atoms with Gasteiger partial charge < -0.3 is 29.7 Å². The normalized spacial score (nSPS) is 32.6.